The summed E-state index contributed by atoms with van der Waals surface area (Å²) in [5, 5.41) is 0. The Morgan fingerprint density at radius 3 is 2.88 bits per heavy atom. The summed E-state index contributed by atoms with van der Waals surface area (Å²) in [6, 6.07) is 8.44. The van der Waals surface area contributed by atoms with Crippen LogP contribution in [0.25, 0.3) is 0 Å². The molecular formula is C13H12BrN3. The van der Waals surface area contributed by atoms with E-state index in [1.807, 2.05) is 0 Å². The van der Waals surface area contributed by atoms with E-state index in [4.69, 9.17) is 5.73 Å². The predicted molar refractivity (Wildman–Crippen MR) is 73.5 cm³/mol. The zero-order valence-electron chi connectivity index (χ0n) is 9.23. The highest BCUT2D eigenvalue weighted by Crippen LogP contribution is 2.40. The number of benzene rings is 1. The second kappa shape index (κ2) is 4.04. The van der Waals surface area contributed by atoms with Gasteiger partial charge in [0.1, 0.15) is 0 Å². The molecule has 0 bridgehead atoms. The van der Waals surface area contributed by atoms with Crippen molar-refractivity contribution in [3.05, 3.63) is 46.7 Å². The van der Waals surface area contributed by atoms with Gasteiger partial charge in [-0.25, -0.2) is 0 Å². The van der Waals surface area contributed by atoms with Crippen LogP contribution in [0.1, 0.15) is 5.56 Å². The van der Waals surface area contributed by atoms with E-state index < -0.39 is 0 Å². The smallest absolute Gasteiger partial charge is 0.0820 e. The molecule has 2 heterocycles. The average molecular weight is 290 g/mol. The normalized spacial score (nSPS) is 13.8. The highest BCUT2D eigenvalue weighted by atomic mass is 79.9. The fourth-order valence-corrected chi connectivity index (χ4v) is 2.86. The minimum absolute atomic E-state index is 0.705. The van der Waals surface area contributed by atoms with Gasteiger partial charge in [-0.2, -0.15) is 0 Å². The second-order valence-corrected chi connectivity index (χ2v) is 4.94. The molecule has 86 valence electrons. The highest BCUT2D eigenvalue weighted by molar-refractivity contribution is 9.10. The molecule has 1 aliphatic heterocycles. The summed E-state index contributed by atoms with van der Waals surface area (Å²) in [5.41, 5.74) is 10.4. The average Bonchev–Trinajstić information content (AvgIpc) is 2.73. The molecule has 0 unspecified atom stereocenters. The molecule has 0 amide bonds. The van der Waals surface area contributed by atoms with Gasteiger partial charge in [0.05, 0.1) is 22.0 Å². The minimum Gasteiger partial charge on any atom is -0.396 e. The molecule has 1 aliphatic rings. The number of anilines is 3. The largest absolute Gasteiger partial charge is 0.396 e. The fraction of sp³-hybridized carbons (Fsp3) is 0.154. The molecule has 17 heavy (non-hydrogen) atoms. The number of pyridine rings is 1. The van der Waals surface area contributed by atoms with Crippen molar-refractivity contribution in [3.8, 4) is 0 Å². The van der Waals surface area contributed by atoms with Crippen LogP contribution in [-0.4, -0.2) is 11.5 Å². The SMILES string of the molecule is Nc1cncc(Br)c1N1CCc2ccccc21. The number of fused-ring (bicyclic) bond motifs is 1. The lowest BCUT2D eigenvalue weighted by Gasteiger charge is -2.22. The van der Waals surface area contributed by atoms with Crippen molar-refractivity contribution in [2.75, 3.05) is 17.2 Å². The van der Waals surface area contributed by atoms with Crippen LogP contribution in [0, 0.1) is 0 Å². The first-order valence-corrected chi connectivity index (χ1v) is 6.31. The van der Waals surface area contributed by atoms with Gasteiger partial charge in [-0.1, -0.05) is 18.2 Å². The number of rotatable bonds is 1. The van der Waals surface area contributed by atoms with Crippen LogP contribution >= 0.6 is 15.9 Å². The molecule has 3 nitrogen and oxygen atoms in total. The molecule has 2 N–H and O–H groups in total. The van der Waals surface area contributed by atoms with Crippen LogP contribution < -0.4 is 10.6 Å². The van der Waals surface area contributed by atoms with Gasteiger partial charge in [-0.3, -0.25) is 4.98 Å². The van der Waals surface area contributed by atoms with Gasteiger partial charge in [0.2, 0.25) is 0 Å². The molecule has 3 rings (SSSR count). The summed E-state index contributed by atoms with van der Waals surface area (Å²) in [6.07, 6.45) is 4.54. The van der Waals surface area contributed by atoms with Crippen molar-refractivity contribution in [2.45, 2.75) is 6.42 Å². The molecule has 0 aliphatic carbocycles. The van der Waals surface area contributed by atoms with Gasteiger partial charge in [0.15, 0.2) is 0 Å². The van der Waals surface area contributed by atoms with Crippen LogP contribution in [0.3, 0.4) is 0 Å². The third kappa shape index (κ3) is 1.69. The lowest BCUT2D eigenvalue weighted by atomic mass is 10.2. The van der Waals surface area contributed by atoms with Crippen molar-refractivity contribution in [3.63, 3.8) is 0 Å². The summed E-state index contributed by atoms with van der Waals surface area (Å²) in [5.74, 6) is 0. The second-order valence-electron chi connectivity index (χ2n) is 4.09. The maximum absolute atomic E-state index is 6.02. The van der Waals surface area contributed by atoms with E-state index in [0.717, 1.165) is 23.1 Å². The van der Waals surface area contributed by atoms with Crippen LogP contribution in [0.5, 0.6) is 0 Å². The minimum atomic E-state index is 0.705. The molecule has 0 saturated heterocycles. The Morgan fingerprint density at radius 2 is 2.06 bits per heavy atom. The molecule has 0 saturated carbocycles. The first kappa shape index (κ1) is 10.6. The van der Waals surface area contributed by atoms with Crippen molar-refractivity contribution in [2.24, 2.45) is 0 Å². The Balaban J connectivity index is 2.13. The number of halogens is 1. The summed E-state index contributed by atoms with van der Waals surface area (Å²) < 4.78 is 0.939. The first-order chi connectivity index (χ1) is 8.27. The van der Waals surface area contributed by atoms with Gasteiger partial charge in [-0.05, 0) is 34.0 Å². The molecule has 1 aromatic carbocycles. The van der Waals surface area contributed by atoms with E-state index in [1.165, 1.54) is 11.3 Å². The fourth-order valence-electron chi connectivity index (χ4n) is 2.30. The summed E-state index contributed by atoms with van der Waals surface area (Å²) in [6.45, 7) is 0.964. The van der Waals surface area contributed by atoms with Gasteiger partial charge in [0, 0.05) is 18.4 Å². The topological polar surface area (TPSA) is 42.1 Å². The maximum Gasteiger partial charge on any atom is 0.0820 e. The maximum atomic E-state index is 6.02. The first-order valence-electron chi connectivity index (χ1n) is 5.52. The number of nitrogen functional groups attached to an aromatic ring is 1. The molecule has 0 fully saturated rings. The number of aromatic nitrogens is 1. The van der Waals surface area contributed by atoms with Crippen LogP contribution in [0.4, 0.5) is 17.1 Å². The van der Waals surface area contributed by atoms with E-state index in [-0.39, 0.29) is 0 Å². The molecule has 0 spiro atoms. The van der Waals surface area contributed by atoms with Gasteiger partial charge in [0.25, 0.3) is 0 Å². The lowest BCUT2D eigenvalue weighted by Crippen LogP contribution is -2.15. The standard InChI is InChI=1S/C13H12BrN3/c14-10-7-16-8-11(15)13(10)17-6-5-9-3-1-2-4-12(9)17/h1-4,7-8H,5-6,15H2. The van der Waals surface area contributed by atoms with Gasteiger partial charge < -0.3 is 10.6 Å². The van der Waals surface area contributed by atoms with Gasteiger partial charge >= 0.3 is 0 Å². The number of hydrogen-bond acceptors (Lipinski definition) is 3. The zero-order chi connectivity index (χ0) is 11.8. The van der Waals surface area contributed by atoms with Gasteiger partial charge in [-0.15, -0.1) is 0 Å². The predicted octanol–water partition coefficient (Wildman–Crippen LogP) is 3.12. The van der Waals surface area contributed by atoms with Crippen LogP contribution in [-0.2, 0) is 6.42 Å². The number of nitrogens with zero attached hydrogens (tertiary/aromatic N) is 2. The Bertz CT molecular complexity index is 548. The number of nitrogens with two attached hydrogens (primary N) is 1. The lowest BCUT2D eigenvalue weighted by molar-refractivity contribution is 0.994. The molecular weight excluding hydrogens is 278 g/mol. The molecule has 1 aromatic heterocycles. The van der Waals surface area contributed by atoms with E-state index >= 15 is 0 Å². The van der Waals surface area contributed by atoms with E-state index in [1.54, 1.807) is 12.4 Å². The molecule has 4 heteroatoms. The van der Waals surface area contributed by atoms with Crippen LogP contribution in [0.15, 0.2) is 41.1 Å². The van der Waals surface area contributed by atoms with E-state index in [2.05, 4.69) is 50.1 Å². The van der Waals surface area contributed by atoms with Crippen molar-refractivity contribution in [1.29, 1.82) is 0 Å². The Morgan fingerprint density at radius 1 is 1.24 bits per heavy atom. The molecule has 0 atom stereocenters. The van der Waals surface area contributed by atoms with Crippen molar-refractivity contribution < 1.29 is 0 Å². The Kier molecular flexibility index (Phi) is 2.52. The molecule has 2 aromatic rings. The quantitative estimate of drug-likeness (QED) is 0.877. The number of para-hydroxylation sites is 1. The zero-order valence-corrected chi connectivity index (χ0v) is 10.8. The van der Waals surface area contributed by atoms with E-state index in [0.29, 0.717) is 5.69 Å². The van der Waals surface area contributed by atoms with Crippen molar-refractivity contribution >= 4 is 33.0 Å². The summed E-state index contributed by atoms with van der Waals surface area (Å²) in [7, 11) is 0. The monoisotopic (exact) mass is 289 g/mol. The van der Waals surface area contributed by atoms with Crippen molar-refractivity contribution in [1.82, 2.24) is 4.98 Å². The highest BCUT2D eigenvalue weighted by Gasteiger charge is 2.23. The number of hydrogen-bond donors (Lipinski definition) is 1. The third-order valence-corrected chi connectivity index (χ3v) is 3.64. The Hall–Kier alpha value is -1.55. The Labute approximate surface area is 108 Å². The van der Waals surface area contributed by atoms with E-state index in [9.17, 15) is 0 Å². The summed E-state index contributed by atoms with van der Waals surface area (Å²) >= 11 is 3.52. The summed E-state index contributed by atoms with van der Waals surface area (Å²) in [4.78, 5) is 6.32. The molecule has 0 radical (unpaired) electrons. The third-order valence-electron chi connectivity index (χ3n) is 3.06. The van der Waals surface area contributed by atoms with Crippen LogP contribution in [0.2, 0.25) is 0 Å².